The topological polar surface area (TPSA) is 56.3 Å². The van der Waals surface area contributed by atoms with Crippen LogP contribution in [0, 0.1) is 0 Å². The maximum Gasteiger partial charge on any atom is 0.347 e. The third-order valence-electron chi connectivity index (χ3n) is 2.43. The lowest BCUT2D eigenvalue weighted by Crippen LogP contribution is -1.97. The Bertz CT molecular complexity index is 604. The molecule has 1 aliphatic heterocycles. The Hall–Kier alpha value is -2.23. The first-order chi connectivity index (χ1) is 7.27. The first kappa shape index (κ1) is 8.11. The minimum atomic E-state index is -0.589. The van der Waals surface area contributed by atoms with Gasteiger partial charge in [-0.05, 0) is 17.5 Å². The second kappa shape index (κ2) is 2.63. The van der Waals surface area contributed by atoms with E-state index in [0.29, 0.717) is 16.5 Å². The van der Waals surface area contributed by atoms with Gasteiger partial charge in [0.2, 0.25) is 0 Å². The Balaban J connectivity index is 2.49. The van der Waals surface area contributed by atoms with Crippen LogP contribution in [0.1, 0.15) is 20.7 Å². The number of pyridine rings is 1. The van der Waals surface area contributed by atoms with Crippen LogP contribution in [0.15, 0.2) is 30.6 Å². The number of aromatic nitrogens is 1. The molecule has 0 saturated heterocycles. The number of esters is 2. The normalized spacial score (nSPS) is 14.1. The van der Waals surface area contributed by atoms with Crippen molar-refractivity contribution < 1.29 is 14.3 Å². The molecule has 4 nitrogen and oxygen atoms in total. The van der Waals surface area contributed by atoms with Gasteiger partial charge in [-0.25, -0.2) is 9.59 Å². The SMILES string of the molecule is O=C1OC(=O)c2c1ccc1ccncc21. The van der Waals surface area contributed by atoms with Gasteiger partial charge in [0.05, 0.1) is 11.1 Å². The standard InChI is InChI=1S/C11H5NO3/c13-10-7-2-1-6-3-4-12-5-8(6)9(7)11(14)15-10/h1-5H. The van der Waals surface area contributed by atoms with E-state index in [-0.39, 0.29) is 0 Å². The van der Waals surface area contributed by atoms with Gasteiger partial charge >= 0.3 is 11.9 Å². The summed E-state index contributed by atoms with van der Waals surface area (Å²) in [6.07, 6.45) is 3.20. The largest absolute Gasteiger partial charge is 0.386 e. The number of rotatable bonds is 0. The lowest BCUT2D eigenvalue weighted by molar-refractivity contribution is 0.0444. The zero-order valence-electron chi connectivity index (χ0n) is 7.56. The summed E-state index contributed by atoms with van der Waals surface area (Å²) in [5.74, 6) is -1.17. The molecule has 0 spiro atoms. The molecule has 2 aromatic rings. The number of hydrogen-bond donors (Lipinski definition) is 0. The molecule has 0 bridgehead atoms. The van der Waals surface area contributed by atoms with Crippen LogP contribution in [0.3, 0.4) is 0 Å². The summed E-state index contributed by atoms with van der Waals surface area (Å²) >= 11 is 0. The van der Waals surface area contributed by atoms with Crippen LogP contribution >= 0.6 is 0 Å². The summed E-state index contributed by atoms with van der Waals surface area (Å²) in [7, 11) is 0. The monoisotopic (exact) mass is 199 g/mol. The summed E-state index contributed by atoms with van der Waals surface area (Å²) in [5.41, 5.74) is 0.645. The van der Waals surface area contributed by atoms with Crippen LogP contribution in [0.5, 0.6) is 0 Å². The van der Waals surface area contributed by atoms with E-state index < -0.39 is 11.9 Å². The summed E-state index contributed by atoms with van der Waals surface area (Å²) < 4.78 is 4.53. The van der Waals surface area contributed by atoms with Crippen molar-refractivity contribution in [3.63, 3.8) is 0 Å². The van der Waals surface area contributed by atoms with Crippen molar-refractivity contribution in [3.05, 3.63) is 41.7 Å². The number of benzene rings is 1. The molecule has 0 radical (unpaired) electrons. The molecule has 1 aromatic heterocycles. The zero-order valence-corrected chi connectivity index (χ0v) is 7.56. The maximum atomic E-state index is 11.4. The highest BCUT2D eigenvalue weighted by molar-refractivity contribution is 6.21. The van der Waals surface area contributed by atoms with Gasteiger partial charge < -0.3 is 4.74 Å². The Morgan fingerprint density at radius 2 is 1.93 bits per heavy atom. The molecule has 0 amide bonds. The van der Waals surface area contributed by atoms with Crippen molar-refractivity contribution in [2.45, 2.75) is 0 Å². The van der Waals surface area contributed by atoms with Gasteiger partial charge in [0.25, 0.3) is 0 Å². The van der Waals surface area contributed by atoms with Gasteiger partial charge in [-0.15, -0.1) is 0 Å². The molecule has 0 unspecified atom stereocenters. The van der Waals surface area contributed by atoms with Gasteiger partial charge in [-0.1, -0.05) is 6.07 Å². The highest BCUT2D eigenvalue weighted by atomic mass is 16.6. The van der Waals surface area contributed by atoms with Crippen LogP contribution in [0.4, 0.5) is 0 Å². The predicted molar refractivity (Wildman–Crippen MR) is 51.5 cm³/mol. The fourth-order valence-electron chi connectivity index (χ4n) is 1.74. The van der Waals surface area contributed by atoms with E-state index in [2.05, 4.69) is 9.72 Å². The second-order valence-electron chi connectivity index (χ2n) is 3.26. The van der Waals surface area contributed by atoms with E-state index in [1.807, 2.05) is 0 Å². The minimum Gasteiger partial charge on any atom is -0.386 e. The van der Waals surface area contributed by atoms with E-state index >= 15 is 0 Å². The van der Waals surface area contributed by atoms with Crippen LogP contribution in [-0.4, -0.2) is 16.9 Å². The van der Waals surface area contributed by atoms with E-state index in [1.54, 1.807) is 30.6 Å². The number of carbonyl (C=O) groups is 2. The molecule has 4 heteroatoms. The summed E-state index contributed by atoms with van der Waals surface area (Å²) in [6, 6.07) is 5.16. The van der Waals surface area contributed by atoms with Gasteiger partial charge in [0.15, 0.2) is 0 Å². The predicted octanol–water partition coefficient (Wildman–Crippen LogP) is 1.55. The fraction of sp³-hybridized carbons (Fsp3) is 0. The van der Waals surface area contributed by atoms with Crippen molar-refractivity contribution in [2.24, 2.45) is 0 Å². The van der Waals surface area contributed by atoms with Gasteiger partial charge in [-0.3, -0.25) is 4.98 Å². The van der Waals surface area contributed by atoms with E-state index in [0.717, 1.165) is 5.39 Å². The molecule has 0 saturated carbocycles. The van der Waals surface area contributed by atoms with Crippen molar-refractivity contribution >= 4 is 22.7 Å². The van der Waals surface area contributed by atoms with Crippen LogP contribution in [0.25, 0.3) is 10.8 Å². The Labute approximate surface area is 84.5 Å². The van der Waals surface area contributed by atoms with Crippen molar-refractivity contribution in [2.75, 3.05) is 0 Å². The van der Waals surface area contributed by atoms with Crippen molar-refractivity contribution in [1.29, 1.82) is 0 Å². The fourth-order valence-corrected chi connectivity index (χ4v) is 1.74. The molecule has 1 aromatic carbocycles. The third kappa shape index (κ3) is 0.985. The molecule has 72 valence electrons. The van der Waals surface area contributed by atoms with Crippen molar-refractivity contribution in [1.82, 2.24) is 4.98 Å². The van der Waals surface area contributed by atoms with Gasteiger partial charge in [-0.2, -0.15) is 0 Å². The third-order valence-corrected chi connectivity index (χ3v) is 2.43. The molecule has 0 aliphatic carbocycles. The summed E-state index contributed by atoms with van der Waals surface area (Å²) in [6.45, 7) is 0. The zero-order chi connectivity index (χ0) is 10.4. The molecule has 0 atom stereocenters. The lowest BCUT2D eigenvalue weighted by Gasteiger charge is -1.98. The minimum absolute atomic E-state index is 0.320. The molecular formula is C11H5NO3. The molecule has 1 aliphatic rings. The van der Waals surface area contributed by atoms with Crippen molar-refractivity contribution in [3.8, 4) is 0 Å². The second-order valence-corrected chi connectivity index (χ2v) is 3.26. The maximum absolute atomic E-state index is 11.4. The Kier molecular flexibility index (Phi) is 1.42. The quantitative estimate of drug-likeness (QED) is 0.477. The Morgan fingerprint density at radius 3 is 2.80 bits per heavy atom. The molecule has 15 heavy (non-hydrogen) atoms. The highest BCUT2D eigenvalue weighted by Gasteiger charge is 2.31. The number of carbonyl (C=O) groups excluding carboxylic acids is 2. The van der Waals surface area contributed by atoms with Gasteiger partial charge in [0, 0.05) is 17.8 Å². The number of ether oxygens (including phenoxy) is 1. The van der Waals surface area contributed by atoms with Gasteiger partial charge in [0.1, 0.15) is 0 Å². The average molecular weight is 199 g/mol. The average Bonchev–Trinajstić information content (AvgIpc) is 2.55. The number of fused-ring (bicyclic) bond motifs is 3. The molecule has 0 N–H and O–H groups in total. The van der Waals surface area contributed by atoms with Crippen LogP contribution in [-0.2, 0) is 4.74 Å². The summed E-state index contributed by atoms with van der Waals surface area (Å²) in [5, 5.41) is 1.53. The first-order valence-electron chi connectivity index (χ1n) is 4.40. The first-order valence-corrected chi connectivity index (χ1v) is 4.40. The van der Waals surface area contributed by atoms with Crippen LogP contribution in [0.2, 0.25) is 0 Å². The highest BCUT2D eigenvalue weighted by Crippen LogP contribution is 2.27. The number of nitrogens with zero attached hydrogens (tertiary/aromatic N) is 1. The smallest absolute Gasteiger partial charge is 0.347 e. The molecular weight excluding hydrogens is 194 g/mol. The summed E-state index contributed by atoms with van der Waals surface area (Å²) in [4.78, 5) is 26.6. The Morgan fingerprint density at radius 1 is 1.07 bits per heavy atom. The van der Waals surface area contributed by atoms with E-state index in [9.17, 15) is 9.59 Å². The lowest BCUT2D eigenvalue weighted by atomic mass is 10.0. The van der Waals surface area contributed by atoms with E-state index in [1.165, 1.54) is 0 Å². The molecule has 3 rings (SSSR count). The molecule has 2 heterocycles. The van der Waals surface area contributed by atoms with Crippen LogP contribution < -0.4 is 0 Å². The number of cyclic esters (lactones) is 2. The molecule has 0 fully saturated rings. The number of hydrogen-bond acceptors (Lipinski definition) is 4. The van der Waals surface area contributed by atoms with E-state index in [4.69, 9.17) is 0 Å².